The van der Waals surface area contributed by atoms with E-state index in [1.165, 1.54) is 32.1 Å². The maximum atomic E-state index is 10.5. The molecule has 0 amide bonds. The van der Waals surface area contributed by atoms with Gasteiger partial charge in [-0.25, -0.2) is 0 Å². The van der Waals surface area contributed by atoms with Crippen molar-refractivity contribution in [2.75, 3.05) is 6.61 Å². The van der Waals surface area contributed by atoms with Crippen LogP contribution in [0.2, 0.25) is 0 Å². The van der Waals surface area contributed by atoms with Crippen LogP contribution in [0, 0.1) is 0 Å². The normalized spacial score (nSPS) is 9.62. The first-order chi connectivity index (χ1) is 7.58. The topological polar surface area (TPSA) is 26.3 Å². The fourth-order valence-corrected chi connectivity index (χ4v) is 1.27. The lowest BCUT2D eigenvalue weighted by atomic mass is 10.2. The van der Waals surface area contributed by atoms with Crippen molar-refractivity contribution < 1.29 is 9.53 Å². The maximum Gasteiger partial charge on any atom is 0.308 e. The molecule has 16 heavy (non-hydrogen) atoms. The second kappa shape index (κ2) is 15.0. The fraction of sp³-hybridized carbons (Fsp3) is 0.917. The Kier molecular flexibility index (Phi) is 17.3. The van der Waals surface area contributed by atoms with E-state index in [1.807, 2.05) is 0 Å². The summed E-state index contributed by atoms with van der Waals surface area (Å²) >= 11 is 10.5. The summed E-state index contributed by atoms with van der Waals surface area (Å²) in [4.78, 5) is 9.81. The maximum absolute atomic E-state index is 10.5. The minimum Gasteiger partial charge on any atom is -0.466 e. The van der Waals surface area contributed by atoms with Crippen molar-refractivity contribution in [3.8, 4) is 0 Å². The third-order valence-corrected chi connectivity index (χ3v) is 2.14. The molecule has 0 rings (SSSR count). The van der Waals surface area contributed by atoms with E-state index < -0.39 is 4.84 Å². The highest BCUT2D eigenvalue weighted by atomic mass is 35.5. The monoisotopic (exact) mass is 270 g/mol. The molecular weight excluding hydrogens is 247 g/mol. The average molecular weight is 271 g/mol. The van der Waals surface area contributed by atoms with Crippen molar-refractivity contribution in [3.63, 3.8) is 0 Å². The lowest BCUT2D eigenvalue weighted by Gasteiger charge is -1.99. The van der Waals surface area contributed by atoms with Crippen LogP contribution in [-0.2, 0) is 9.53 Å². The predicted molar refractivity (Wildman–Crippen MR) is 71.2 cm³/mol. The van der Waals surface area contributed by atoms with Crippen LogP contribution in [-0.4, -0.2) is 17.4 Å². The largest absolute Gasteiger partial charge is 0.466 e. The zero-order chi connectivity index (χ0) is 12.8. The van der Waals surface area contributed by atoms with Gasteiger partial charge in [-0.2, -0.15) is 0 Å². The Hall–Kier alpha value is 0.0500. The van der Waals surface area contributed by atoms with Gasteiger partial charge in [-0.3, -0.25) is 4.79 Å². The number of hydrogen-bond donors (Lipinski definition) is 0. The summed E-state index contributed by atoms with van der Waals surface area (Å²) in [6, 6.07) is 0. The summed E-state index contributed by atoms with van der Waals surface area (Å²) < 4.78 is 4.54. The van der Waals surface area contributed by atoms with Crippen LogP contribution in [0.25, 0.3) is 0 Å². The molecule has 0 aliphatic rings. The Morgan fingerprint density at radius 2 is 1.56 bits per heavy atom. The number of hydrogen-bond acceptors (Lipinski definition) is 2. The molecule has 4 heteroatoms. The number of unbranched alkanes of at least 4 members (excludes halogenated alkanes) is 4. The smallest absolute Gasteiger partial charge is 0.308 e. The molecule has 0 aromatic carbocycles. The molecule has 0 fully saturated rings. The number of carbonyl (C=O) groups excluding carboxylic acids is 1. The van der Waals surface area contributed by atoms with Gasteiger partial charge in [0, 0.05) is 0 Å². The van der Waals surface area contributed by atoms with Gasteiger partial charge in [0.05, 0.1) is 13.0 Å². The molecule has 0 aromatic rings. The van der Waals surface area contributed by atoms with E-state index in [0.717, 1.165) is 0 Å². The lowest BCUT2D eigenvalue weighted by Crippen LogP contribution is -2.07. The van der Waals surface area contributed by atoms with Crippen LogP contribution in [0.5, 0.6) is 0 Å². The molecule has 0 radical (unpaired) electrons. The van der Waals surface area contributed by atoms with Crippen LogP contribution in [0.4, 0.5) is 0 Å². The van der Waals surface area contributed by atoms with Gasteiger partial charge in [-0.15, -0.1) is 23.2 Å². The molecular formula is C12H24Cl2O2. The van der Waals surface area contributed by atoms with Gasteiger partial charge in [0.15, 0.2) is 0 Å². The molecule has 2 nitrogen and oxygen atoms in total. The average Bonchev–Trinajstić information content (AvgIpc) is 2.18. The van der Waals surface area contributed by atoms with Crippen molar-refractivity contribution in [3.05, 3.63) is 0 Å². The Balaban J connectivity index is 0. The fourth-order valence-electron chi connectivity index (χ4n) is 1.02. The molecule has 0 saturated carbocycles. The van der Waals surface area contributed by atoms with Crippen LogP contribution in [0.3, 0.4) is 0 Å². The van der Waals surface area contributed by atoms with Crippen LogP contribution in [0.1, 0.15) is 59.3 Å². The van der Waals surface area contributed by atoms with E-state index in [9.17, 15) is 4.79 Å². The van der Waals surface area contributed by atoms with Gasteiger partial charge < -0.3 is 4.74 Å². The summed E-state index contributed by atoms with van der Waals surface area (Å²) in [6.45, 7) is 6.60. The molecule has 0 unspecified atom stereocenters. The van der Waals surface area contributed by atoms with Gasteiger partial charge in [0.25, 0.3) is 0 Å². The SMILES string of the molecule is CCCCCCC.CCOC(=O)CC(Cl)Cl. The highest BCUT2D eigenvalue weighted by Crippen LogP contribution is 2.07. The summed E-state index contributed by atoms with van der Waals surface area (Å²) in [5.41, 5.74) is 0. The van der Waals surface area contributed by atoms with Gasteiger partial charge in [-0.05, 0) is 6.92 Å². The van der Waals surface area contributed by atoms with Gasteiger partial charge in [-0.1, -0.05) is 46.0 Å². The zero-order valence-corrected chi connectivity index (χ0v) is 12.1. The molecule has 0 aliphatic heterocycles. The standard InChI is InChI=1S/C7H16.C5H8Cl2O2/c1-3-5-7-6-4-2;1-2-9-5(8)3-4(6)7/h3-7H2,1-2H3;4H,2-3H2,1H3. The molecule has 0 saturated heterocycles. The molecule has 0 aliphatic carbocycles. The van der Waals surface area contributed by atoms with Gasteiger partial charge in [0.1, 0.15) is 4.84 Å². The summed E-state index contributed by atoms with van der Waals surface area (Å²) in [5.74, 6) is -0.354. The number of halogens is 2. The van der Waals surface area contributed by atoms with Crippen molar-refractivity contribution in [2.45, 2.75) is 64.1 Å². The van der Waals surface area contributed by atoms with Gasteiger partial charge >= 0.3 is 5.97 Å². The number of alkyl halides is 2. The molecule has 0 spiro atoms. The van der Waals surface area contributed by atoms with Crippen LogP contribution < -0.4 is 0 Å². The third-order valence-electron chi connectivity index (χ3n) is 1.83. The molecule has 0 aromatic heterocycles. The highest BCUT2D eigenvalue weighted by Gasteiger charge is 2.06. The number of esters is 1. The zero-order valence-electron chi connectivity index (χ0n) is 10.6. The van der Waals surface area contributed by atoms with E-state index in [1.54, 1.807) is 6.92 Å². The minimum atomic E-state index is -0.649. The highest BCUT2D eigenvalue weighted by molar-refractivity contribution is 6.45. The third kappa shape index (κ3) is 19.6. The first-order valence-electron chi connectivity index (χ1n) is 6.02. The lowest BCUT2D eigenvalue weighted by molar-refractivity contribution is -0.142. The summed E-state index contributed by atoms with van der Waals surface area (Å²) in [7, 11) is 0. The number of rotatable bonds is 7. The van der Waals surface area contributed by atoms with E-state index in [0.29, 0.717) is 6.61 Å². The minimum absolute atomic E-state index is 0.0664. The summed E-state index contributed by atoms with van der Waals surface area (Å²) in [6.07, 6.45) is 7.08. The van der Waals surface area contributed by atoms with Crippen molar-refractivity contribution in [1.82, 2.24) is 0 Å². The number of ether oxygens (including phenoxy) is 1. The predicted octanol–water partition coefficient (Wildman–Crippen LogP) is 4.72. The van der Waals surface area contributed by atoms with Crippen molar-refractivity contribution in [1.29, 1.82) is 0 Å². The van der Waals surface area contributed by atoms with Crippen LogP contribution in [0.15, 0.2) is 0 Å². The van der Waals surface area contributed by atoms with Gasteiger partial charge in [0.2, 0.25) is 0 Å². The molecule has 0 N–H and O–H groups in total. The summed E-state index contributed by atoms with van der Waals surface area (Å²) in [5, 5.41) is 0. The van der Waals surface area contributed by atoms with E-state index in [4.69, 9.17) is 23.2 Å². The first kappa shape index (κ1) is 18.4. The van der Waals surface area contributed by atoms with Crippen molar-refractivity contribution >= 4 is 29.2 Å². The van der Waals surface area contributed by atoms with Crippen molar-refractivity contribution in [2.24, 2.45) is 0 Å². The second-order valence-corrected chi connectivity index (χ2v) is 4.74. The molecule has 0 bridgehead atoms. The van der Waals surface area contributed by atoms with E-state index in [-0.39, 0.29) is 12.4 Å². The Bertz CT molecular complexity index is 146. The van der Waals surface area contributed by atoms with E-state index in [2.05, 4.69) is 18.6 Å². The Morgan fingerprint density at radius 1 is 1.06 bits per heavy atom. The molecule has 98 valence electrons. The second-order valence-electron chi connectivity index (χ2n) is 3.46. The van der Waals surface area contributed by atoms with E-state index >= 15 is 0 Å². The first-order valence-corrected chi connectivity index (χ1v) is 6.89. The molecule has 0 heterocycles. The quantitative estimate of drug-likeness (QED) is 0.380. The molecule has 0 atom stereocenters. The Labute approximate surface area is 110 Å². The number of carbonyl (C=O) groups is 1. The van der Waals surface area contributed by atoms with Crippen LogP contribution >= 0.6 is 23.2 Å². The Morgan fingerprint density at radius 3 is 1.88 bits per heavy atom.